The van der Waals surface area contributed by atoms with E-state index in [1.807, 2.05) is 26.0 Å². The van der Waals surface area contributed by atoms with Gasteiger partial charge in [0.2, 0.25) is 17.7 Å². The predicted octanol–water partition coefficient (Wildman–Crippen LogP) is 5.45. The van der Waals surface area contributed by atoms with E-state index in [1.165, 1.54) is 6.07 Å². The van der Waals surface area contributed by atoms with E-state index in [-0.39, 0.29) is 36.4 Å². The van der Waals surface area contributed by atoms with E-state index in [1.54, 1.807) is 43.0 Å². The van der Waals surface area contributed by atoms with Crippen LogP contribution in [0.4, 0.5) is 35.9 Å². The number of imide groups is 1. The maximum absolute atomic E-state index is 13.8. The summed E-state index contributed by atoms with van der Waals surface area (Å²) < 4.78 is 47.6. The van der Waals surface area contributed by atoms with Gasteiger partial charge in [-0.1, -0.05) is 25.4 Å². The predicted molar refractivity (Wildman–Crippen MR) is 220 cm³/mol. The molecule has 6 rings (SSSR count). The lowest BCUT2D eigenvalue weighted by Gasteiger charge is -2.35. The molecule has 59 heavy (non-hydrogen) atoms. The van der Waals surface area contributed by atoms with E-state index < -0.39 is 46.3 Å². The molecule has 14 nitrogen and oxygen atoms in total. The van der Waals surface area contributed by atoms with Gasteiger partial charge in [-0.2, -0.15) is 18.4 Å². The van der Waals surface area contributed by atoms with Crippen LogP contribution >= 0.6 is 24.2 Å². The number of carbonyl (C=O) groups excluding carboxylic acids is 4. The van der Waals surface area contributed by atoms with Gasteiger partial charge in [0, 0.05) is 61.2 Å². The van der Waals surface area contributed by atoms with Gasteiger partial charge in [0.25, 0.3) is 5.91 Å². The monoisotopic (exact) mass is 855 g/mol. The molecule has 2 unspecified atom stereocenters. The Balaban J connectivity index is 1.02. The molecule has 314 valence electrons. The quantitative estimate of drug-likeness (QED) is 0.136. The highest BCUT2D eigenvalue weighted by Gasteiger charge is 2.52. The fourth-order valence-corrected chi connectivity index (χ4v) is 8.30. The lowest BCUT2D eigenvalue weighted by Crippen LogP contribution is -2.49. The van der Waals surface area contributed by atoms with Crippen molar-refractivity contribution in [1.29, 1.82) is 5.26 Å². The van der Waals surface area contributed by atoms with Crippen molar-refractivity contribution in [3.05, 3.63) is 70.5 Å². The average molecular weight is 856 g/mol. The van der Waals surface area contributed by atoms with Crippen LogP contribution in [0.1, 0.15) is 63.3 Å². The summed E-state index contributed by atoms with van der Waals surface area (Å²) in [5.41, 5.74) is -1.80. The largest absolute Gasteiger partial charge is 0.492 e. The van der Waals surface area contributed by atoms with Crippen LogP contribution in [0.3, 0.4) is 0 Å². The van der Waals surface area contributed by atoms with Crippen molar-refractivity contribution < 1.29 is 37.1 Å². The van der Waals surface area contributed by atoms with Crippen LogP contribution in [0.5, 0.6) is 5.75 Å². The number of aromatic nitrogens is 1. The third-order valence-electron chi connectivity index (χ3n) is 10.5. The Labute approximate surface area is 350 Å². The molecule has 3 N–H and O–H groups in total. The van der Waals surface area contributed by atoms with E-state index in [0.717, 1.165) is 35.8 Å². The molecule has 3 fully saturated rings. The summed E-state index contributed by atoms with van der Waals surface area (Å²) >= 11 is 11.0. The van der Waals surface area contributed by atoms with E-state index in [2.05, 4.69) is 30.7 Å². The molecule has 3 saturated heterocycles. The second-order valence-corrected chi connectivity index (χ2v) is 16.3. The Morgan fingerprint density at radius 1 is 1.07 bits per heavy atom. The zero-order valence-electron chi connectivity index (χ0n) is 32.9. The SMILES string of the molecule is CC(C)c1cc(N2C(S)N(c3cnc(C#N)c(C(F)(F)F)c3)C(=O)C2(C)C)ccc1OCCN1CCN(CC(=O)Nc2cc(Cl)cc(NC3CCC(=O)NC3=O)c2)CC1. The first kappa shape index (κ1) is 43.5. The molecule has 3 aliphatic heterocycles. The molecule has 0 radical (unpaired) electrons. The van der Waals surface area contributed by atoms with E-state index in [9.17, 15) is 37.6 Å². The summed E-state index contributed by atoms with van der Waals surface area (Å²) in [5.74, 6) is -0.725. The molecule has 1 aromatic heterocycles. The number of nitriles is 1. The molecular formula is C40H45ClF3N9O5S. The van der Waals surface area contributed by atoms with Crippen LogP contribution in [-0.4, -0.2) is 101 Å². The normalized spacial score (nSPS) is 20.1. The number of halogens is 4. The molecule has 0 bridgehead atoms. The fraction of sp³-hybridized carbons (Fsp3) is 0.450. The molecule has 2 atom stereocenters. The molecular weight excluding hydrogens is 811 g/mol. The first-order valence-electron chi connectivity index (χ1n) is 19.1. The third-order valence-corrected chi connectivity index (χ3v) is 11.2. The van der Waals surface area contributed by atoms with Crippen molar-refractivity contribution in [3.63, 3.8) is 0 Å². The molecule has 3 aliphatic rings. The van der Waals surface area contributed by atoms with Gasteiger partial charge in [0.05, 0.1) is 24.0 Å². The number of piperidine rings is 1. The Bertz CT molecular complexity index is 2160. The van der Waals surface area contributed by atoms with Crippen molar-refractivity contribution in [3.8, 4) is 11.8 Å². The molecule has 4 heterocycles. The van der Waals surface area contributed by atoms with Gasteiger partial charge >= 0.3 is 6.18 Å². The summed E-state index contributed by atoms with van der Waals surface area (Å²) in [4.78, 5) is 61.3. The van der Waals surface area contributed by atoms with Gasteiger partial charge in [-0.15, -0.1) is 12.6 Å². The maximum atomic E-state index is 13.8. The number of piperazine rings is 1. The molecule has 3 aromatic rings. The summed E-state index contributed by atoms with van der Waals surface area (Å²) in [5, 5.41) is 17.9. The second kappa shape index (κ2) is 17.6. The fourth-order valence-electron chi connectivity index (χ4n) is 7.41. The number of carbonyl (C=O) groups is 4. The minimum absolute atomic E-state index is 0.0210. The maximum Gasteiger partial charge on any atom is 0.419 e. The smallest absolute Gasteiger partial charge is 0.419 e. The van der Waals surface area contributed by atoms with Gasteiger partial charge in [0.15, 0.2) is 11.2 Å². The molecule has 2 aromatic carbocycles. The number of anilines is 4. The van der Waals surface area contributed by atoms with E-state index >= 15 is 0 Å². The van der Waals surface area contributed by atoms with E-state index in [0.29, 0.717) is 60.5 Å². The first-order chi connectivity index (χ1) is 27.8. The molecule has 0 saturated carbocycles. The summed E-state index contributed by atoms with van der Waals surface area (Å²) in [6, 6.07) is 12.1. The molecule has 4 amide bonds. The van der Waals surface area contributed by atoms with Crippen LogP contribution in [0.25, 0.3) is 0 Å². The van der Waals surface area contributed by atoms with Crippen molar-refractivity contribution in [1.82, 2.24) is 20.1 Å². The Morgan fingerprint density at radius 3 is 2.42 bits per heavy atom. The number of hydrogen-bond donors (Lipinski definition) is 4. The van der Waals surface area contributed by atoms with Crippen molar-refractivity contribution >= 4 is 70.6 Å². The number of nitrogens with zero attached hydrogens (tertiary/aromatic N) is 6. The zero-order chi connectivity index (χ0) is 42.8. The summed E-state index contributed by atoms with van der Waals surface area (Å²) in [7, 11) is 0. The van der Waals surface area contributed by atoms with Gasteiger partial charge in [-0.3, -0.25) is 39.2 Å². The summed E-state index contributed by atoms with van der Waals surface area (Å²) in [6.07, 6.45) is -3.19. The topological polar surface area (TPSA) is 163 Å². The summed E-state index contributed by atoms with van der Waals surface area (Å²) in [6.45, 7) is 11.4. The number of hydrogen-bond acceptors (Lipinski definition) is 12. The average Bonchev–Trinajstić information content (AvgIpc) is 3.34. The number of alkyl halides is 3. The molecule has 0 aliphatic carbocycles. The highest BCUT2D eigenvalue weighted by molar-refractivity contribution is 7.81. The Hall–Kier alpha value is -5.09. The van der Waals surface area contributed by atoms with Gasteiger partial charge in [0.1, 0.15) is 30.0 Å². The van der Waals surface area contributed by atoms with Crippen LogP contribution in [-0.2, 0) is 25.4 Å². The van der Waals surface area contributed by atoms with Crippen molar-refractivity contribution in [2.45, 2.75) is 69.7 Å². The number of nitrogens with one attached hydrogen (secondary N) is 3. The Morgan fingerprint density at radius 2 is 1.76 bits per heavy atom. The van der Waals surface area contributed by atoms with Crippen molar-refractivity contribution in [2.24, 2.45) is 0 Å². The molecule has 0 spiro atoms. The van der Waals surface area contributed by atoms with Gasteiger partial charge in [-0.05, 0) is 74.2 Å². The number of ether oxygens (including phenoxy) is 1. The number of benzene rings is 2. The number of amides is 4. The molecule has 19 heteroatoms. The third kappa shape index (κ3) is 9.86. The number of thiol groups is 1. The van der Waals surface area contributed by atoms with Crippen LogP contribution < -0.4 is 30.5 Å². The Kier molecular flexibility index (Phi) is 13.0. The standard InChI is InChI=1S/C40H45ClF3N9O5S/c1-23(2)29-18-27(53-38(59)52(37(57)39(53,3)4)28-19-30(40(42,43)44)32(20-45)46-21-28)5-7-33(29)58-14-13-50-9-11-51(12-10-50)22-35(55)48-26-16-24(41)15-25(17-26)47-31-6-8-34(54)49-36(31)56/h5,7,15-19,21,23,31,38,47,59H,6,8-14,22H2,1-4H3,(H,48,55)(H,49,54,56). The van der Waals surface area contributed by atoms with Crippen molar-refractivity contribution in [2.75, 3.05) is 66.3 Å². The number of rotatable bonds is 12. The minimum Gasteiger partial charge on any atom is -0.492 e. The lowest BCUT2D eigenvalue weighted by atomic mass is 9.98. The first-order valence-corrected chi connectivity index (χ1v) is 20.0. The second-order valence-electron chi connectivity index (χ2n) is 15.4. The minimum atomic E-state index is -4.85. The zero-order valence-corrected chi connectivity index (χ0v) is 34.5. The lowest BCUT2D eigenvalue weighted by molar-refractivity contribution is -0.138. The van der Waals surface area contributed by atoms with Crippen LogP contribution in [0.2, 0.25) is 5.02 Å². The van der Waals surface area contributed by atoms with Gasteiger partial charge in [-0.25, -0.2) is 4.98 Å². The van der Waals surface area contributed by atoms with Crippen LogP contribution in [0.15, 0.2) is 48.7 Å². The number of pyridine rings is 1. The van der Waals surface area contributed by atoms with E-state index in [4.69, 9.17) is 29.0 Å². The highest BCUT2D eigenvalue weighted by atomic mass is 35.5. The van der Waals surface area contributed by atoms with Gasteiger partial charge < -0.3 is 20.3 Å². The highest BCUT2D eigenvalue weighted by Crippen LogP contribution is 2.43. The van der Waals surface area contributed by atoms with Crippen LogP contribution in [0, 0.1) is 11.3 Å².